The van der Waals surface area contributed by atoms with Gasteiger partial charge in [-0.2, -0.15) is 0 Å². The fourth-order valence-electron chi connectivity index (χ4n) is 0.786. The SMILES string of the molecule is O=C(CCl)NCC(=O)Nc1cc(Br)cs1. The van der Waals surface area contributed by atoms with Crippen LogP contribution < -0.4 is 10.6 Å². The van der Waals surface area contributed by atoms with E-state index in [1.54, 1.807) is 6.07 Å². The van der Waals surface area contributed by atoms with E-state index >= 15 is 0 Å². The fourth-order valence-corrected chi connectivity index (χ4v) is 2.22. The Bertz CT molecular complexity index is 369. The summed E-state index contributed by atoms with van der Waals surface area (Å²) >= 11 is 9.92. The van der Waals surface area contributed by atoms with Crippen molar-refractivity contribution >= 4 is 55.7 Å². The van der Waals surface area contributed by atoms with Gasteiger partial charge < -0.3 is 10.6 Å². The molecule has 0 aliphatic carbocycles. The minimum Gasteiger partial charge on any atom is -0.346 e. The number of anilines is 1. The molecule has 0 saturated carbocycles. The summed E-state index contributed by atoms with van der Waals surface area (Å²) in [5, 5.41) is 7.59. The van der Waals surface area contributed by atoms with Gasteiger partial charge >= 0.3 is 0 Å². The van der Waals surface area contributed by atoms with Crippen molar-refractivity contribution in [3.05, 3.63) is 15.9 Å². The Morgan fingerprint density at radius 1 is 1.47 bits per heavy atom. The van der Waals surface area contributed by atoms with Gasteiger partial charge in [-0.25, -0.2) is 0 Å². The highest BCUT2D eigenvalue weighted by molar-refractivity contribution is 9.10. The molecule has 0 aliphatic heterocycles. The van der Waals surface area contributed by atoms with E-state index in [4.69, 9.17) is 11.6 Å². The maximum Gasteiger partial charge on any atom is 0.244 e. The van der Waals surface area contributed by atoms with Gasteiger partial charge in [-0.3, -0.25) is 9.59 Å². The second-order valence-corrected chi connectivity index (χ2v) is 4.68. The number of thiophene rings is 1. The molecule has 1 aromatic heterocycles. The van der Waals surface area contributed by atoms with Crippen LogP contribution in [0.25, 0.3) is 0 Å². The van der Waals surface area contributed by atoms with Gasteiger partial charge in [0.1, 0.15) is 5.88 Å². The Morgan fingerprint density at radius 2 is 2.20 bits per heavy atom. The summed E-state index contributed by atoms with van der Waals surface area (Å²) in [5.41, 5.74) is 0. The van der Waals surface area contributed by atoms with Gasteiger partial charge in [0.2, 0.25) is 11.8 Å². The van der Waals surface area contributed by atoms with E-state index in [1.165, 1.54) is 11.3 Å². The van der Waals surface area contributed by atoms with Crippen LogP contribution in [0.3, 0.4) is 0 Å². The number of nitrogens with one attached hydrogen (secondary N) is 2. The van der Waals surface area contributed by atoms with Crippen molar-refractivity contribution in [1.82, 2.24) is 5.32 Å². The Hall–Kier alpha value is -0.590. The van der Waals surface area contributed by atoms with E-state index in [0.717, 1.165) is 9.47 Å². The molecule has 0 bridgehead atoms. The smallest absolute Gasteiger partial charge is 0.244 e. The molecule has 2 N–H and O–H groups in total. The van der Waals surface area contributed by atoms with Crippen molar-refractivity contribution in [2.75, 3.05) is 17.7 Å². The van der Waals surface area contributed by atoms with Crippen LogP contribution >= 0.6 is 38.9 Å². The van der Waals surface area contributed by atoms with Gasteiger partial charge in [-0.1, -0.05) is 0 Å². The third-order valence-electron chi connectivity index (χ3n) is 1.40. The first-order valence-electron chi connectivity index (χ1n) is 3.98. The summed E-state index contributed by atoms with van der Waals surface area (Å²) in [4.78, 5) is 22.0. The molecule has 0 radical (unpaired) electrons. The van der Waals surface area contributed by atoms with Gasteiger partial charge in [0.05, 0.1) is 11.5 Å². The molecular formula is C8H8BrClN2O2S. The number of carbonyl (C=O) groups excluding carboxylic acids is 2. The Kier molecular flexibility index (Phi) is 5.07. The van der Waals surface area contributed by atoms with Crippen LogP contribution in [0.1, 0.15) is 0 Å². The lowest BCUT2D eigenvalue weighted by atomic mass is 10.5. The van der Waals surface area contributed by atoms with Crippen LogP contribution in [0.2, 0.25) is 0 Å². The number of rotatable bonds is 4. The first kappa shape index (κ1) is 12.5. The predicted octanol–water partition coefficient (Wildman–Crippen LogP) is 1.80. The number of halogens is 2. The summed E-state index contributed by atoms with van der Waals surface area (Å²) in [5.74, 6) is -0.778. The molecule has 0 saturated heterocycles. The Morgan fingerprint density at radius 3 is 2.73 bits per heavy atom. The second-order valence-electron chi connectivity index (χ2n) is 2.59. The molecule has 82 valence electrons. The van der Waals surface area contributed by atoms with E-state index < -0.39 is 0 Å². The quantitative estimate of drug-likeness (QED) is 0.833. The van der Waals surface area contributed by atoms with Crippen molar-refractivity contribution in [1.29, 1.82) is 0 Å². The largest absolute Gasteiger partial charge is 0.346 e. The van der Waals surface area contributed by atoms with Crippen LogP contribution in [0.5, 0.6) is 0 Å². The summed E-state index contributed by atoms with van der Waals surface area (Å²) < 4.78 is 0.910. The number of carbonyl (C=O) groups is 2. The maximum absolute atomic E-state index is 11.3. The highest BCUT2D eigenvalue weighted by Crippen LogP contribution is 2.24. The summed E-state index contributed by atoms with van der Waals surface area (Å²) in [6, 6.07) is 1.78. The Balaban J connectivity index is 2.33. The zero-order valence-corrected chi connectivity index (χ0v) is 10.7. The summed E-state index contributed by atoms with van der Waals surface area (Å²) in [7, 11) is 0. The van der Waals surface area contributed by atoms with Crippen molar-refractivity contribution in [3.8, 4) is 0 Å². The number of amides is 2. The first-order chi connectivity index (χ1) is 7.11. The molecule has 0 atom stereocenters. The minimum atomic E-state index is -0.362. The molecule has 0 aromatic carbocycles. The molecule has 4 nitrogen and oxygen atoms in total. The molecule has 0 unspecified atom stereocenters. The monoisotopic (exact) mass is 310 g/mol. The summed E-state index contributed by atoms with van der Waals surface area (Å²) in [6.07, 6.45) is 0. The molecule has 0 spiro atoms. The fraction of sp³-hybridized carbons (Fsp3) is 0.250. The first-order valence-corrected chi connectivity index (χ1v) is 6.19. The molecule has 0 fully saturated rings. The van der Waals surface area contributed by atoms with E-state index in [2.05, 4.69) is 26.6 Å². The van der Waals surface area contributed by atoms with Gasteiger partial charge in [-0.05, 0) is 22.0 Å². The number of hydrogen-bond donors (Lipinski definition) is 2. The van der Waals surface area contributed by atoms with Crippen LogP contribution in [-0.2, 0) is 9.59 Å². The average Bonchev–Trinajstić information content (AvgIpc) is 2.60. The zero-order valence-electron chi connectivity index (χ0n) is 7.55. The molecular weight excluding hydrogens is 304 g/mol. The lowest BCUT2D eigenvalue weighted by molar-refractivity contribution is -0.122. The van der Waals surface area contributed by atoms with Crippen LogP contribution in [0.4, 0.5) is 5.00 Å². The molecule has 1 rings (SSSR count). The van der Waals surface area contributed by atoms with Gasteiger partial charge in [0.15, 0.2) is 0 Å². The number of alkyl halides is 1. The second kappa shape index (κ2) is 6.09. The normalized spacial score (nSPS) is 9.73. The van der Waals surface area contributed by atoms with E-state index in [9.17, 15) is 9.59 Å². The standard InChI is InChI=1S/C8H8BrClN2O2S/c9-5-1-8(15-4-5)12-7(14)3-11-6(13)2-10/h1,4H,2-3H2,(H,11,13)(H,12,14). The van der Waals surface area contributed by atoms with Gasteiger partial charge in [-0.15, -0.1) is 22.9 Å². The van der Waals surface area contributed by atoms with Crippen molar-refractivity contribution in [3.63, 3.8) is 0 Å². The van der Waals surface area contributed by atoms with Crippen LogP contribution in [0, 0.1) is 0 Å². The number of hydrogen-bond acceptors (Lipinski definition) is 3. The lowest BCUT2D eigenvalue weighted by Gasteiger charge is -2.02. The average molecular weight is 312 g/mol. The van der Waals surface area contributed by atoms with E-state index in [0.29, 0.717) is 0 Å². The minimum absolute atomic E-state index is 0.0684. The van der Waals surface area contributed by atoms with Gasteiger partial charge in [0, 0.05) is 9.85 Å². The molecule has 2 amide bonds. The van der Waals surface area contributed by atoms with E-state index in [-0.39, 0.29) is 24.2 Å². The molecule has 0 aliphatic rings. The lowest BCUT2D eigenvalue weighted by Crippen LogP contribution is -2.33. The molecule has 1 aromatic rings. The van der Waals surface area contributed by atoms with Crippen LogP contribution in [-0.4, -0.2) is 24.2 Å². The highest BCUT2D eigenvalue weighted by Gasteiger charge is 2.05. The molecule has 1 heterocycles. The topological polar surface area (TPSA) is 58.2 Å². The third-order valence-corrected chi connectivity index (χ3v) is 3.25. The maximum atomic E-state index is 11.3. The zero-order chi connectivity index (χ0) is 11.3. The molecule has 15 heavy (non-hydrogen) atoms. The Labute approximate surface area is 104 Å². The predicted molar refractivity (Wildman–Crippen MR) is 64.4 cm³/mol. The van der Waals surface area contributed by atoms with E-state index in [1.807, 2.05) is 5.38 Å². The highest BCUT2D eigenvalue weighted by atomic mass is 79.9. The van der Waals surface area contributed by atoms with Crippen molar-refractivity contribution in [2.45, 2.75) is 0 Å². The third kappa shape index (κ3) is 4.63. The van der Waals surface area contributed by atoms with Crippen molar-refractivity contribution in [2.24, 2.45) is 0 Å². The summed E-state index contributed by atoms with van der Waals surface area (Å²) in [6.45, 7) is -0.0684. The molecule has 7 heteroatoms. The van der Waals surface area contributed by atoms with Crippen LogP contribution in [0.15, 0.2) is 15.9 Å². The van der Waals surface area contributed by atoms with Crippen molar-refractivity contribution < 1.29 is 9.59 Å². The van der Waals surface area contributed by atoms with Gasteiger partial charge in [0.25, 0.3) is 0 Å².